The molecule has 1 amide bonds. The van der Waals surface area contributed by atoms with Crippen LogP contribution >= 0.6 is 0 Å². The molecule has 6 rings (SSSR count). The molecule has 11 heteroatoms. The summed E-state index contributed by atoms with van der Waals surface area (Å²) < 4.78 is 7.39. The molecule has 36 heavy (non-hydrogen) atoms. The molecule has 0 saturated heterocycles. The van der Waals surface area contributed by atoms with Crippen molar-refractivity contribution < 1.29 is 9.21 Å². The maximum atomic E-state index is 12.6. The number of aromatic nitrogens is 7. The number of hydrogen-bond donors (Lipinski definition) is 3. The number of nitrogens with one attached hydrogen (secondary N) is 3. The highest BCUT2D eigenvalue weighted by Crippen LogP contribution is 2.30. The van der Waals surface area contributed by atoms with Crippen LogP contribution < -0.4 is 10.6 Å². The highest BCUT2D eigenvalue weighted by molar-refractivity contribution is 5.92. The molecule has 5 aromatic rings. The summed E-state index contributed by atoms with van der Waals surface area (Å²) in [4.78, 5) is 37.9. The van der Waals surface area contributed by atoms with E-state index in [9.17, 15) is 4.79 Å². The summed E-state index contributed by atoms with van der Waals surface area (Å²) in [7, 11) is 1.85. The zero-order chi connectivity index (χ0) is 24.5. The summed E-state index contributed by atoms with van der Waals surface area (Å²) in [6, 6.07) is 5.80. The number of fused-ring (bicyclic) bond motifs is 1. The Morgan fingerprint density at radius 1 is 1.22 bits per heavy atom. The third kappa shape index (κ3) is 4.42. The van der Waals surface area contributed by atoms with Gasteiger partial charge in [0.15, 0.2) is 11.6 Å². The van der Waals surface area contributed by atoms with Crippen molar-refractivity contribution in [2.45, 2.75) is 37.8 Å². The number of carbonyl (C=O) groups is 1. The standard InChI is InChI=1S/C25H25N9O2/c1-34-12-20(29-14-34)25(35)31-16-5-2-4-15(8-16)30-22-9-19(21-6-3-7-36-21)32-24(33-22)18-11-27-23-17(18)10-26-13-28-23/h3,6-7,9-16H,2,4-5,8H2,1H3,(H,31,35)(H,26,27,28)(H,30,32,33). The lowest BCUT2D eigenvalue weighted by Crippen LogP contribution is -2.42. The van der Waals surface area contributed by atoms with Gasteiger partial charge in [0.2, 0.25) is 0 Å². The SMILES string of the molecule is Cn1cnc(C(=O)NC2CCCC(Nc3cc(-c4ccco4)nc(-c4c[nH]c5ncncc45)n3)C2)c1. The molecule has 0 aliphatic heterocycles. The lowest BCUT2D eigenvalue weighted by Gasteiger charge is -2.30. The van der Waals surface area contributed by atoms with Gasteiger partial charge in [-0.15, -0.1) is 0 Å². The Morgan fingerprint density at radius 2 is 2.14 bits per heavy atom. The number of nitrogens with zero attached hydrogens (tertiary/aromatic N) is 6. The topological polar surface area (TPSA) is 139 Å². The molecule has 1 aliphatic carbocycles. The number of imidazole rings is 1. The largest absolute Gasteiger partial charge is 0.463 e. The van der Waals surface area contributed by atoms with Gasteiger partial charge in [-0.1, -0.05) is 0 Å². The molecular weight excluding hydrogens is 458 g/mol. The van der Waals surface area contributed by atoms with E-state index in [4.69, 9.17) is 14.4 Å². The van der Waals surface area contributed by atoms with E-state index in [2.05, 4.69) is 30.6 Å². The monoisotopic (exact) mass is 483 g/mol. The Balaban J connectivity index is 1.25. The van der Waals surface area contributed by atoms with Crippen molar-refractivity contribution in [2.24, 2.45) is 7.05 Å². The van der Waals surface area contributed by atoms with Gasteiger partial charge in [-0.2, -0.15) is 0 Å². The van der Waals surface area contributed by atoms with Gasteiger partial charge in [0.1, 0.15) is 29.2 Å². The van der Waals surface area contributed by atoms with Gasteiger partial charge < -0.3 is 24.6 Å². The Morgan fingerprint density at radius 3 is 2.97 bits per heavy atom. The first kappa shape index (κ1) is 22.0. The van der Waals surface area contributed by atoms with E-state index < -0.39 is 0 Å². The molecule has 5 heterocycles. The van der Waals surface area contributed by atoms with Crippen LogP contribution in [0.2, 0.25) is 0 Å². The van der Waals surface area contributed by atoms with Gasteiger partial charge in [0, 0.05) is 54.7 Å². The third-order valence-electron chi connectivity index (χ3n) is 6.40. The van der Waals surface area contributed by atoms with E-state index in [0.717, 1.165) is 42.3 Å². The number of hydrogen-bond acceptors (Lipinski definition) is 8. The summed E-state index contributed by atoms with van der Waals surface area (Å²) in [6.07, 6.45) is 13.8. The predicted octanol–water partition coefficient (Wildman–Crippen LogP) is 3.56. The number of amides is 1. The van der Waals surface area contributed by atoms with Crippen LogP contribution in [-0.4, -0.2) is 52.5 Å². The third-order valence-corrected chi connectivity index (χ3v) is 6.40. The van der Waals surface area contributed by atoms with Gasteiger partial charge in [-0.25, -0.2) is 24.9 Å². The minimum atomic E-state index is -0.146. The Hall–Kier alpha value is -4.54. The van der Waals surface area contributed by atoms with Gasteiger partial charge in [-0.05, 0) is 37.8 Å². The molecule has 182 valence electrons. The van der Waals surface area contributed by atoms with Crippen molar-refractivity contribution in [1.29, 1.82) is 0 Å². The molecule has 2 unspecified atom stereocenters. The van der Waals surface area contributed by atoms with Crippen molar-refractivity contribution in [2.75, 3.05) is 5.32 Å². The predicted molar refractivity (Wildman–Crippen MR) is 133 cm³/mol. The van der Waals surface area contributed by atoms with E-state index >= 15 is 0 Å². The average molecular weight is 484 g/mol. The molecule has 0 radical (unpaired) electrons. The second kappa shape index (κ2) is 9.25. The molecule has 0 bridgehead atoms. The van der Waals surface area contributed by atoms with Crippen LogP contribution in [0.5, 0.6) is 0 Å². The zero-order valence-corrected chi connectivity index (χ0v) is 19.7. The van der Waals surface area contributed by atoms with Crippen LogP contribution in [0.25, 0.3) is 33.9 Å². The number of aromatic amines is 1. The molecule has 0 spiro atoms. The summed E-state index contributed by atoms with van der Waals surface area (Å²) in [5, 5.41) is 7.55. The van der Waals surface area contributed by atoms with Crippen LogP contribution in [0.4, 0.5) is 5.82 Å². The van der Waals surface area contributed by atoms with Crippen LogP contribution in [0, 0.1) is 0 Å². The number of rotatable bonds is 6. The molecule has 0 aromatic carbocycles. The van der Waals surface area contributed by atoms with E-state index in [-0.39, 0.29) is 18.0 Å². The van der Waals surface area contributed by atoms with Crippen LogP contribution in [0.1, 0.15) is 36.2 Å². The molecule has 11 nitrogen and oxygen atoms in total. The second-order valence-corrected chi connectivity index (χ2v) is 9.03. The summed E-state index contributed by atoms with van der Waals surface area (Å²) >= 11 is 0. The fraction of sp³-hybridized carbons (Fsp3) is 0.280. The van der Waals surface area contributed by atoms with Gasteiger partial charge in [0.25, 0.3) is 5.91 Å². The van der Waals surface area contributed by atoms with E-state index in [0.29, 0.717) is 28.8 Å². The second-order valence-electron chi connectivity index (χ2n) is 9.03. The van der Waals surface area contributed by atoms with Crippen molar-refractivity contribution in [3.05, 3.63) is 61.4 Å². The van der Waals surface area contributed by atoms with Crippen molar-refractivity contribution in [3.63, 3.8) is 0 Å². The maximum Gasteiger partial charge on any atom is 0.271 e. The van der Waals surface area contributed by atoms with Crippen LogP contribution in [0.15, 0.2) is 60.1 Å². The minimum Gasteiger partial charge on any atom is -0.463 e. The van der Waals surface area contributed by atoms with Gasteiger partial charge in [0.05, 0.1) is 12.6 Å². The maximum absolute atomic E-state index is 12.6. The highest BCUT2D eigenvalue weighted by Gasteiger charge is 2.25. The van der Waals surface area contributed by atoms with Crippen molar-refractivity contribution >= 4 is 22.8 Å². The molecule has 1 fully saturated rings. The number of aryl methyl sites for hydroxylation is 1. The Bertz CT molecular complexity index is 1510. The molecule has 3 N–H and O–H groups in total. The van der Waals surface area contributed by atoms with Gasteiger partial charge in [-0.3, -0.25) is 4.79 Å². The first-order valence-corrected chi connectivity index (χ1v) is 11.9. The lowest BCUT2D eigenvalue weighted by atomic mass is 9.91. The number of carbonyl (C=O) groups excluding carboxylic acids is 1. The molecule has 1 saturated carbocycles. The quantitative estimate of drug-likeness (QED) is 0.333. The molecule has 2 atom stereocenters. The molecule has 1 aliphatic rings. The van der Waals surface area contributed by atoms with E-state index in [1.165, 1.54) is 6.33 Å². The van der Waals surface area contributed by atoms with Crippen molar-refractivity contribution in [3.8, 4) is 22.8 Å². The first-order valence-electron chi connectivity index (χ1n) is 11.9. The molecule has 5 aromatic heterocycles. The van der Waals surface area contributed by atoms with Crippen LogP contribution in [0.3, 0.4) is 0 Å². The Labute approximate surface area is 206 Å². The zero-order valence-electron chi connectivity index (χ0n) is 19.7. The summed E-state index contributed by atoms with van der Waals surface area (Å²) in [6.45, 7) is 0. The normalized spacial score (nSPS) is 17.8. The van der Waals surface area contributed by atoms with E-state index in [1.807, 2.05) is 31.4 Å². The molecular formula is C25H25N9O2. The fourth-order valence-electron chi connectivity index (χ4n) is 4.69. The lowest BCUT2D eigenvalue weighted by molar-refractivity contribution is 0.0921. The number of anilines is 1. The summed E-state index contributed by atoms with van der Waals surface area (Å²) in [5.74, 6) is 1.75. The fourth-order valence-corrected chi connectivity index (χ4v) is 4.69. The minimum absolute atomic E-state index is 0.0578. The summed E-state index contributed by atoms with van der Waals surface area (Å²) in [5.41, 5.74) is 2.64. The van der Waals surface area contributed by atoms with Crippen molar-refractivity contribution in [1.82, 2.24) is 39.8 Å². The number of H-pyrrole nitrogens is 1. The van der Waals surface area contributed by atoms with Gasteiger partial charge >= 0.3 is 0 Å². The highest BCUT2D eigenvalue weighted by atomic mass is 16.3. The van der Waals surface area contributed by atoms with Crippen LogP contribution in [-0.2, 0) is 7.05 Å². The smallest absolute Gasteiger partial charge is 0.271 e. The Kier molecular flexibility index (Phi) is 5.64. The average Bonchev–Trinajstić information content (AvgIpc) is 3.65. The van der Waals surface area contributed by atoms with E-state index in [1.54, 1.807) is 29.6 Å². The number of furan rings is 1. The first-order chi connectivity index (χ1) is 17.6.